The molecule has 0 amide bonds. The van der Waals surface area contributed by atoms with Crippen LogP contribution in [0.1, 0.15) is 18.9 Å². The average Bonchev–Trinajstić information content (AvgIpc) is 3.25. The minimum Gasteiger partial charge on any atom is -0.361 e. The Labute approximate surface area is 161 Å². The van der Waals surface area contributed by atoms with Gasteiger partial charge in [-0.2, -0.15) is 4.98 Å². The van der Waals surface area contributed by atoms with Crippen molar-refractivity contribution in [3.05, 3.63) is 56.9 Å². The molecule has 3 heterocycles. The largest absolute Gasteiger partial charge is 0.361 e. The molecular weight excluding hydrogens is 356 g/mol. The zero-order valence-corrected chi connectivity index (χ0v) is 16.3. The highest BCUT2D eigenvalue weighted by molar-refractivity contribution is 5.83. The minimum atomic E-state index is -0.331. The van der Waals surface area contributed by atoms with E-state index >= 15 is 0 Å². The van der Waals surface area contributed by atoms with Gasteiger partial charge in [-0.3, -0.25) is 13.9 Å². The van der Waals surface area contributed by atoms with Crippen molar-refractivity contribution in [3.63, 3.8) is 0 Å². The van der Waals surface area contributed by atoms with Gasteiger partial charge in [0.15, 0.2) is 11.2 Å². The number of nitrogens with zero attached hydrogens (tertiary/aromatic N) is 4. The summed E-state index contributed by atoms with van der Waals surface area (Å²) in [5.74, 6) is 0.580. The molecule has 3 aromatic heterocycles. The van der Waals surface area contributed by atoms with Gasteiger partial charge in [-0.05, 0) is 24.5 Å². The Morgan fingerprint density at radius 1 is 1.14 bits per heavy atom. The second-order valence-corrected chi connectivity index (χ2v) is 7.00. The van der Waals surface area contributed by atoms with Gasteiger partial charge in [-0.1, -0.05) is 25.1 Å². The number of nitrogens with one attached hydrogen (secondary N) is 2. The third-order valence-corrected chi connectivity index (χ3v) is 5.16. The van der Waals surface area contributed by atoms with E-state index in [9.17, 15) is 9.59 Å². The summed E-state index contributed by atoms with van der Waals surface area (Å²) in [6.07, 6.45) is 3.55. The van der Waals surface area contributed by atoms with Crippen molar-refractivity contribution in [2.75, 3.05) is 11.9 Å². The number of benzene rings is 1. The Morgan fingerprint density at radius 3 is 2.71 bits per heavy atom. The van der Waals surface area contributed by atoms with E-state index in [2.05, 4.69) is 27.4 Å². The summed E-state index contributed by atoms with van der Waals surface area (Å²) < 4.78 is 4.45. The first-order chi connectivity index (χ1) is 13.5. The molecule has 0 saturated carbocycles. The van der Waals surface area contributed by atoms with E-state index in [1.807, 2.05) is 25.3 Å². The minimum absolute atomic E-state index is 0.292. The van der Waals surface area contributed by atoms with E-state index < -0.39 is 0 Å². The highest BCUT2D eigenvalue weighted by Crippen LogP contribution is 2.19. The number of aromatic amines is 1. The van der Waals surface area contributed by atoms with Crippen molar-refractivity contribution in [2.24, 2.45) is 14.1 Å². The molecule has 0 saturated heterocycles. The number of imidazole rings is 1. The van der Waals surface area contributed by atoms with Crippen molar-refractivity contribution in [3.8, 4) is 0 Å². The Bertz CT molecular complexity index is 1270. The van der Waals surface area contributed by atoms with Crippen LogP contribution in [0, 0.1) is 0 Å². The molecule has 0 aliphatic rings. The SMILES string of the molecule is CCCn1c(=O)c2c(nc(NCCc3c[nH]c4ccccc34)n2C)n(C)c1=O. The predicted octanol–water partition coefficient (Wildman–Crippen LogP) is 1.98. The number of anilines is 1. The first-order valence-corrected chi connectivity index (χ1v) is 9.48. The molecule has 146 valence electrons. The summed E-state index contributed by atoms with van der Waals surface area (Å²) in [5, 5.41) is 4.51. The first kappa shape index (κ1) is 18.1. The standard InChI is InChI=1S/C20H24N6O2/c1-4-11-26-18(27)16-17(25(3)20(26)28)23-19(24(16)2)21-10-9-13-12-22-15-8-6-5-7-14(13)15/h5-8,12,22H,4,9-11H2,1-3H3,(H,21,23). The highest BCUT2D eigenvalue weighted by Gasteiger charge is 2.18. The van der Waals surface area contributed by atoms with Crippen molar-refractivity contribution in [1.82, 2.24) is 23.7 Å². The van der Waals surface area contributed by atoms with E-state index in [-0.39, 0.29) is 11.2 Å². The van der Waals surface area contributed by atoms with E-state index in [1.54, 1.807) is 18.7 Å². The predicted molar refractivity (Wildman–Crippen MR) is 111 cm³/mol. The van der Waals surface area contributed by atoms with Gasteiger partial charge >= 0.3 is 5.69 Å². The number of aromatic nitrogens is 5. The molecule has 0 bridgehead atoms. The van der Waals surface area contributed by atoms with Gasteiger partial charge in [0.1, 0.15) is 0 Å². The van der Waals surface area contributed by atoms with Crippen LogP contribution in [0.3, 0.4) is 0 Å². The monoisotopic (exact) mass is 380 g/mol. The van der Waals surface area contributed by atoms with Crippen molar-refractivity contribution < 1.29 is 0 Å². The number of hydrogen-bond donors (Lipinski definition) is 2. The molecule has 0 unspecified atom stereocenters. The summed E-state index contributed by atoms with van der Waals surface area (Å²) in [7, 11) is 3.45. The van der Waals surface area contributed by atoms with Crippen LogP contribution in [-0.4, -0.2) is 30.2 Å². The van der Waals surface area contributed by atoms with Gasteiger partial charge in [-0.15, -0.1) is 0 Å². The summed E-state index contributed by atoms with van der Waals surface area (Å²) in [5.41, 5.74) is 2.55. The van der Waals surface area contributed by atoms with Crippen molar-refractivity contribution in [1.29, 1.82) is 0 Å². The second kappa shape index (κ2) is 7.03. The van der Waals surface area contributed by atoms with Crippen LogP contribution < -0.4 is 16.6 Å². The molecule has 4 aromatic rings. The van der Waals surface area contributed by atoms with E-state index in [0.29, 0.717) is 36.6 Å². The Hall–Kier alpha value is -3.29. The topological polar surface area (TPSA) is 89.6 Å². The van der Waals surface area contributed by atoms with Gasteiger partial charge in [0.2, 0.25) is 5.95 Å². The van der Waals surface area contributed by atoms with Gasteiger partial charge in [0, 0.05) is 44.3 Å². The maximum atomic E-state index is 12.8. The van der Waals surface area contributed by atoms with E-state index in [4.69, 9.17) is 0 Å². The lowest BCUT2D eigenvalue weighted by atomic mass is 10.1. The highest BCUT2D eigenvalue weighted by atomic mass is 16.2. The van der Waals surface area contributed by atoms with E-state index in [1.165, 1.54) is 20.1 Å². The lowest BCUT2D eigenvalue weighted by molar-refractivity contribution is 0.591. The number of rotatable bonds is 6. The molecule has 0 atom stereocenters. The van der Waals surface area contributed by atoms with Gasteiger partial charge in [0.25, 0.3) is 5.56 Å². The first-order valence-electron chi connectivity index (χ1n) is 9.48. The molecule has 0 spiro atoms. The van der Waals surface area contributed by atoms with Crippen LogP contribution >= 0.6 is 0 Å². The molecule has 2 N–H and O–H groups in total. The fourth-order valence-corrected chi connectivity index (χ4v) is 3.67. The van der Waals surface area contributed by atoms with Crippen LogP contribution in [0.25, 0.3) is 22.1 Å². The quantitative estimate of drug-likeness (QED) is 0.535. The summed E-state index contributed by atoms with van der Waals surface area (Å²) in [4.78, 5) is 33.0. The summed E-state index contributed by atoms with van der Waals surface area (Å²) in [6, 6.07) is 8.19. The Morgan fingerprint density at radius 2 is 1.93 bits per heavy atom. The van der Waals surface area contributed by atoms with Crippen molar-refractivity contribution >= 4 is 28.0 Å². The number of para-hydroxylation sites is 1. The zero-order valence-electron chi connectivity index (χ0n) is 16.3. The molecule has 4 rings (SSSR count). The Balaban J connectivity index is 1.63. The molecule has 0 radical (unpaired) electrons. The van der Waals surface area contributed by atoms with Crippen LogP contribution in [0.2, 0.25) is 0 Å². The summed E-state index contributed by atoms with van der Waals surface area (Å²) >= 11 is 0. The number of fused-ring (bicyclic) bond motifs is 2. The third kappa shape index (κ3) is 2.81. The molecule has 1 aromatic carbocycles. The van der Waals surface area contributed by atoms with Crippen LogP contribution in [0.5, 0.6) is 0 Å². The normalized spacial score (nSPS) is 11.5. The molecule has 8 heteroatoms. The van der Waals surface area contributed by atoms with E-state index in [0.717, 1.165) is 11.9 Å². The van der Waals surface area contributed by atoms with Crippen LogP contribution in [0.4, 0.5) is 5.95 Å². The van der Waals surface area contributed by atoms with Crippen LogP contribution in [0.15, 0.2) is 40.1 Å². The fourth-order valence-electron chi connectivity index (χ4n) is 3.67. The molecule has 0 aliphatic heterocycles. The number of aryl methyl sites for hydroxylation is 2. The van der Waals surface area contributed by atoms with Gasteiger partial charge in [-0.25, -0.2) is 4.79 Å². The van der Waals surface area contributed by atoms with Gasteiger partial charge < -0.3 is 14.9 Å². The molecule has 0 fully saturated rings. The van der Waals surface area contributed by atoms with Gasteiger partial charge in [0.05, 0.1) is 0 Å². The van der Waals surface area contributed by atoms with Crippen molar-refractivity contribution in [2.45, 2.75) is 26.3 Å². The zero-order chi connectivity index (χ0) is 19.8. The number of H-pyrrole nitrogens is 1. The molecule has 28 heavy (non-hydrogen) atoms. The molecule has 0 aliphatic carbocycles. The molecular formula is C20H24N6O2. The number of hydrogen-bond acceptors (Lipinski definition) is 4. The molecule has 8 nitrogen and oxygen atoms in total. The lowest BCUT2D eigenvalue weighted by Crippen LogP contribution is -2.39. The third-order valence-electron chi connectivity index (χ3n) is 5.16. The van der Waals surface area contributed by atoms with Crippen LogP contribution in [-0.2, 0) is 27.1 Å². The maximum absolute atomic E-state index is 12.8. The average molecular weight is 380 g/mol. The smallest absolute Gasteiger partial charge is 0.332 e. The Kier molecular flexibility index (Phi) is 4.54. The second-order valence-electron chi connectivity index (χ2n) is 7.00. The fraction of sp³-hybridized carbons (Fsp3) is 0.350. The summed E-state index contributed by atoms with van der Waals surface area (Å²) in [6.45, 7) is 3.00. The maximum Gasteiger partial charge on any atom is 0.332 e. The lowest BCUT2D eigenvalue weighted by Gasteiger charge is -2.07.